The third-order valence-electron chi connectivity index (χ3n) is 1.53. The highest BCUT2D eigenvalue weighted by atomic mass is 19.1. The SMILES string of the molecule is NC(=O)c1cccc(F)c1C(N)=O. The average Bonchev–Trinajstić information content (AvgIpc) is 2.02. The van der Waals surface area contributed by atoms with E-state index in [0.29, 0.717) is 0 Å². The summed E-state index contributed by atoms with van der Waals surface area (Å²) >= 11 is 0. The highest BCUT2D eigenvalue weighted by Gasteiger charge is 2.16. The molecule has 0 aliphatic rings. The zero-order chi connectivity index (χ0) is 10.0. The molecule has 0 aromatic heterocycles. The van der Waals surface area contributed by atoms with Gasteiger partial charge in [0.2, 0.25) is 5.91 Å². The molecule has 0 radical (unpaired) electrons. The van der Waals surface area contributed by atoms with E-state index in [0.717, 1.165) is 6.07 Å². The topological polar surface area (TPSA) is 86.2 Å². The number of amides is 2. The van der Waals surface area contributed by atoms with Gasteiger partial charge in [0.25, 0.3) is 5.91 Å². The lowest BCUT2D eigenvalue weighted by Gasteiger charge is -2.02. The zero-order valence-electron chi connectivity index (χ0n) is 6.58. The summed E-state index contributed by atoms with van der Waals surface area (Å²) in [4.78, 5) is 21.4. The molecule has 2 amide bonds. The number of carbonyl (C=O) groups is 2. The lowest BCUT2D eigenvalue weighted by Crippen LogP contribution is -2.21. The van der Waals surface area contributed by atoms with Crippen LogP contribution in [0.4, 0.5) is 4.39 Å². The van der Waals surface area contributed by atoms with Crippen molar-refractivity contribution < 1.29 is 14.0 Å². The maximum Gasteiger partial charge on any atom is 0.252 e. The molecule has 5 heteroatoms. The van der Waals surface area contributed by atoms with E-state index >= 15 is 0 Å². The van der Waals surface area contributed by atoms with Crippen LogP contribution in [0.3, 0.4) is 0 Å². The van der Waals surface area contributed by atoms with Crippen LogP contribution in [0, 0.1) is 5.82 Å². The van der Waals surface area contributed by atoms with Crippen molar-refractivity contribution in [2.24, 2.45) is 11.5 Å². The lowest BCUT2D eigenvalue weighted by atomic mass is 10.1. The van der Waals surface area contributed by atoms with Crippen LogP contribution in [0.5, 0.6) is 0 Å². The molecule has 0 heterocycles. The fourth-order valence-electron chi connectivity index (χ4n) is 0.980. The monoisotopic (exact) mass is 182 g/mol. The molecule has 0 aliphatic heterocycles. The Hall–Kier alpha value is -1.91. The minimum atomic E-state index is -1.01. The standard InChI is InChI=1S/C8H7FN2O2/c9-5-3-1-2-4(7(10)12)6(5)8(11)13/h1-3H,(H2,10,12)(H2,11,13). The maximum atomic E-state index is 13.0. The third kappa shape index (κ3) is 1.64. The Bertz CT molecular complexity index is 376. The zero-order valence-corrected chi connectivity index (χ0v) is 6.58. The van der Waals surface area contributed by atoms with Gasteiger partial charge in [0.05, 0.1) is 11.1 Å². The van der Waals surface area contributed by atoms with Crippen molar-refractivity contribution in [3.63, 3.8) is 0 Å². The summed E-state index contributed by atoms with van der Waals surface area (Å²) in [6.07, 6.45) is 0. The molecular weight excluding hydrogens is 175 g/mol. The summed E-state index contributed by atoms with van der Waals surface area (Å²) in [7, 11) is 0. The predicted molar refractivity (Wildman–Crippen MR) is 43.4 cm³/mol. The minimum Gasteiger partial charge on any atom is -0.366 e. The van der Waals surface area contributed by atoms with E-state index in [2.05, 4.69) is 0 Å². The van der Waals surface area contributed by atoms with E-state index in [9.17, 15) is 14.0 Å². The second-order valence-electron chi connectivity index (χ2n) is 2.39. The molecule has 1 aromatic carbocycles. The van der Waals surface area contributed by atoms with Crippen LogP contribution in [0.1, 0.15) is 20.7 Å². The Kier molecular flexibility index (Phi) is 2.27. The van der Waals surface area contributed by atoms with Gasteiger partial charge in [-0.05, 0) is 12.1 Å². The van der Waals surface area contributed by atoms with E-state index in [1.54, 1.807) is 0 Å². The Morgan fingerprint density at radius 3 is 2.15 bits per heavy atom. The molecule has 1 rings (SSSR count). The predicted octanol–water partition coefficient (Wildman–Crippen LogP) is 0.0235. The van der Waals surface area contributed by atoms with Crippen LogP contribution in [0.2, 0.25) is 0 Å². The molecule has 0 saturated carbocycles. The average molecular weight is 182 g/mol. The van der Waals surface area contributed by atoms with Crippen LogP contribution < -0.4 is 11.5 Å². The van der Waals surface area contributed by atoms with Crippen molar-refractivity contribution in [1.82, 2.24) is 0 Å². The Morgan fingerprint density at radius 2 is 1.77 bits per heavy atom. The summed E-state index contributed by atoms with van der Waals surface area (Å²) in [5.41, 5.74) is 9.11. The summed E-state index contributed by atoms with van der Waals surface area (Å²) in [5.74, 6) is -2.73. The van der Waals surface area contributed by atoms with E-state index in [-0.39, 0.29) is 5.56 Å². The minimum absolute atomic E-state index is 0.201. The van der Waals surface area contributed by atoms with Crippen LogP contribution in [-0.4, -0.2) is 11.8 Å². The maximum absolute atomic E-state index is 13.0. The molecule has 0 unspecified atom stereocenters. The first-order valence-corrected chi connectivity index (χ1v) is 3.42. The number of hydrogen-bond donors (Lipinski definition) is 2. The van der Waals surface area contributed by atoms with Gasteiger partial charge in [-0.25, -0.2) is 4.39 Å². The molecule has 0 aliphatic carbocycles. The van der Waals surface area contributed by atoms with Gasteiger partial charge in [-0.2, -0.15) is 0 Å². The van der Waals surface area contributed by atoms with Crippen molar-refractivity contribution in [2.45, 2.75) is 0 Å². The normalized spacial score (nSPS) is 9.62. The van der Waals surface area contributed by atoms with Crippen LogP contribution in [0.25, 0.3) is 0 Å². The molecule has 13 heavy (non-hydrogen) atoms. The number of benzene rings is 1. The van der Waals surface area contributed by atoms with Gasteiger partial charge < -0.3 is 11.5 Å². The number of carbonyl (C=O) groups excluding carboxylic acids is 2. The van der Waals surface area contributed by atoms with Gasteiger partial charge in [-0.15, -0.1) is 0 Å². The van der Waals surface area contributed by atoms with Crippen molar-refractivity contribution >= 4 is 11.8 Å². The van der Waals surface area contributed by atoms with E-state index < -0.39 is 23.2 Å². The van der Waals surface area contributed by atoms with Crippen molar-refractivity contribution in [3.05, 3.63) is 35.1 Å². The summed E-state index contributed by atoms with van der Waals surface area (Å²) in [6, 6.07) is 3.56. The van der Waals surface area contributed by atoms with Gasteiger partial charge in [-0.3, -0.25) is 9.59 Å². The largest absolute Gasteiger partial charge is 0.366 e. The van der Waals surface area contributed by atoms with Crippen molar-refractivity contribution in [3.8, 4) is 0 Å². The molecule has 0 bridgehead atoms. The van der Waals surface area contributed by atoms with Gasteiger partial charge in [0.1, 0.15) is 5.82 Å². The first kappa shape index (κ1) is 9.18. The van der Waals surface area contributed by atoms with Crippen LogP contribution >= 0.6 is 0 Å². The second-order valence-corrected chi connectivity index (χ2v) is 2.39. The van der Waals surface area contributed by atoms with Gasteiger partial charge in [0.15, 0.2) is 0 Å². The van der Waals surface area contributed by atoms with Crippen LogP contribution in [-0.2, 0) is 0 Å². The number of hydrogen-bond acceptors (Lipinski definition) is 2. The number of rotatable bonds is 2. The van der Waals surface area contributed by atoms with E-state index in [1.807, 2.05) is 0 Å². The third-order valence-corrected chi connectivity index (χ3v) is 1.53. The Labute approximate surface area is 73.3 Å². The second kappa shape index (κ2) is 3.22. The summed E-state index contributed by atoms with van der Waals surface area (Å²) in [6.45, 7) is 0. The first-order chi connectivity index (χ1) is 6.04. The molecular formula is C8H7FN2O2. The van der Waals surface area contributed by atoms with Gasteiger partial charge >= 0.3 is 0 Å². The molecule has 0 saturated heterocycles. The van der Waals surface area contributed by atoms with E-state index in [4.69, 9.17) is 11.5 Å². The van der Waals surface area contributed by atoms with Gasteiger partial charge in [0, 0.05) is 0 Å². The smallest absolute Gasteiger partial charge is 0.252 e. The first-order valence-electron chi connectivity index (χ1n) is 3.42. The number of nitrogens with two attached hydrogens (primary N) is 2. The van der Waals surface area contributed by atoms with Crippen molar-refractivity contribution in [2.75, 3.05) is 0 Å². The summed E-state index contributed by atoms with van der Waals surface area (Å²) in [5, 5.41) is 0. The highest BCUT2D eigenvalue weighted by molar-refractivity contribution is 6.06. The lowest BCUT2D eigenvalue weighted by molar-refractivity contribution is 0.0964. The number of halogens is 1. The quantitative estimate of drug-likeness (QED) is 0.675. The summed E-state index contributed by atoms with van der Waals surface area (Å²) < 4.78 is 13.0. The molecule has 4 nitrogen and oxygen atoms in total. The molecule has 0 spiro atoms. The molecule has 1 aromatic rings. The Morgan fingerprint density at radius 1 is 1.15 bits per heavy atom. The molecule has 4 N–H and O–H groups in total. The highest BCUT2D eigenvalue weighted by Crippen LogP contribution is 2.11. The molecule has 68 valence electrons. The Balaban J connectivity index is 3.43. The van der Waals surface area contributed by atoms with Crippen LogP contribution in [0.15, 0.2) is 18.2 Å². The fourth-order valence-corrected chi connectivity index (χ4v) is 0.980. The van der Waals surface area contributed by atoms with Crippen molar-refractivity contribution in [1.29, 1.82) is 0 Å². The number of primary amides is 2. The molecule has 0 fully saturated rings. The fraction of sp³-hybridized carbons (Fsp3) is 0. The van der Waals surface area contributed by atoms with E-state index in [1.165, 1.54) is 12.1 Å². The molecule has 0 atom stereocenters. The van der Waals surface area contributed by atoms with Gasteiger partial charge in [-0.1, -0.05) is 6.07 Å².